The van der Waals surface area contributed by atoms with Crippen LogP contribution in [0.1, 0.15) is 39.5 Å². The summed E-state index contributed by atoms with van der Waals surface area (Å²) in [5, 5.41) is 4.01. The van der Waals surface area contributed by atoms with Gasteiger partial charge in [0.2, 0.25) is 0 Å². The molecule has 3 nitrogen and oxygen atoms in total. The van der Waals surface area contributed by atoms with Gasteiger partial charge in [-0.3, -0.25) is 9.78 Å². The number of hydrogen-bond acceptors (Lipinski definition) is 2. The maximum Gasteiger partial charge on any atom is 0.252 e. The van der Waals surface area contributed by atoms with Crippen LogP contribution in [0.25, 0.3) is 10.9 Å². The maximum absolute atomic E-state index is 12.9. The molecule has 1 N–H and O–H groups in total. The van der Waals surface area contributed by atoms with Crippen LogP contribution in [-0.4, -0.2) is 17.4 Å². The predicted molar refractivity (Wildman–Crippen MR) is 118 cm³/mol. The Morgan fingerprint density at radius 2 is 1.45 bits per heavy atom. The SMILES string of the molecule is Cc1cc(C(=O)NCCC(c2ccccc2)c2ccccc2)c2ccccc2n1. The number of benzene rings is 3. The lowest BCUT2D eigenvalue weighted by Gasteiger charge is -2.18. The summed E-state index contributed by atoms with van der Waals surface area (Å²) < 4.78 is 0. The summed E-state index contributed by atoms with van der Waals surface area (Å²) >= 11 is 0. The van der Waals surface area contributed by atoms with Crippen LogP contribution in [0.3, 0.4) is 0 Å². The molecule has 0 radical (unpaired) electrons. The average molecular weight is 380 g/mol. The molecule has 0 saturated heterocycles. The van der Waals surface area contributed by atoms with Gasteiger partial charge in [-0.1, -0.05) is 78.9 Å². The summed E-state index contributed by atoms with van der Waals surface area (Å²) in [6, 6.07) is 30.6. The van der Waals surface area contributed by atoms with Crippen LogP contribution in [-0.2, 0) is 0 Å². The average Bonchev–Trinajstić information content (AvgIpc) is 2.77. The van der Waals surface area contributed by atoms with Crippen LogP contribution in [0.2, 0.25) is 0 Å². The lowest BCUT2D eigenvalue weighted by Crippen LogP contribution is -2.26. The van der Waals surface area contributed by atoms with Gasteiger partial charge < -0.3 is 5.32 Å². The molecule has 1 aromatic heterocycles. The van der Waals surface area contributed by atoms with E-state index in [4.69, 9.17) is 0 Å². The van der Waals surface area contributed by atoms with Crippen LogP contribution in [0, 0.1) is 6.92 Å². The highest BCUT2D eigenvalue weighted by molar-refractivity contribution is 6.06. The van der Waals surface area contributed by atoms with Crippen LogP contribution in [0.4, 0.5) is 0 Å². The quantitative estimate of drug-likeness (QED) is 0.480. The fraction of sp³-hybridized carbons (Fsp3) is 0.154. The van der Waals surface area contributed by atoms with Crippen molar-refractivity contribution in [3.63, 3.8) is 0 Å². The lowest BCUT2D eigenvalue weighted by atomic mass is 9.88. The molecule has 29 heavy (non-hydrogen) atoms. The molecular formula is C26H24N2O. The lowest BCUT2D eigenvalue weighted by molar-refractivity contribution is 0.0954. The second-order valence-corrected chi connectivity index (χ2v) is 7.25. The fourth-order valence-electron chi connectivity index (χ4n) is 3.82. The zero-order chi connectivity index (χ0) is 20.1. The number of pyridine rings is 1. The number of nitrogens with one attached hydrogen (secondary N) is 1. The molecule has 4 rings (SSSR count). The van der Waals surface area contributed by atoms with Gasteiger partial charge in [0.05, 0.1) is 11.1 Å². The summed E-state index contributed by atoms with van der Waals surface area (Å²) in [6.45, 7) is 2.52. The van der Waals surface area contributed by atoms with Crippen molar-refractivity contribution >= 4 is 16.8 Å². The van der Waals surface area contributed by atoms with Crippen LogP contribution < -0.4 is 5.32 Å². The van der Waals surface area contributed by atoms with E-state index in [2.05, 4.69) is 58.8 Å². The normalized spacial score (nSPS) is 11.0. The number of fused-ring (bicyclic) bond motifs is 1. The summed E-state index contributed by atoms with van der Waals surface area (Å²) in [6.07, 6.45) is 0.835. The monoisotopic (exact) mass is 380 g/mol. The largest absolute Gasteiger partial charge is 0.352 e. The minimum atomic E-state index is -0.0495. The van der Waals surface area contributed by atoms with Gasteiger partial charge in [0.25, 0.3) is 5.91 Å². The Morgan fingerprint density at radius 1 is 0.862 bits per heavy atom. The number of carbonyl (C=O) groups is 1. The molecule has 0 aliphatic carbocycles. The number of para-hydroxylation sites is 1. The van der Waals surface area contributed by atoms with Gasteiger partial charge in [-0.15, -0.1) is 0 Å². The number of aromatic nitrogens is 1. The van der Waals surface area contributed by atoms with Crippen molar-refractivity contribution < 1.29 is 4.79 Å². The molecule has 1 heterocycles. The zero-order valence-electron chi connectivity index (χ0n) is 16.5. The second kappa shape index (κ2) is 8.70. The van der Waals surface area contributed by atoms with Gasteiger partial charge in [0.15, 0.2) is 0 Å². The number of aryl methyl sites for hydroxylation is 1. The molecule has 144 valence electrons. The standard InChI is InChI=1S/C26H24N2O/c1-19-18-24(23-14-8-9-15-25(23)28-19)26(29)27-17-16-22(20-10-4-2-5-11-20)21-12-6-3-7-13-21/h2-15,18,22H,16-17H2,1H3,(H,27,29). The molecule has 0 fully saturated rings. The Balaban J connectivity index is 1.52. The third-order valence-corrected chi connectivity index (χ3v) is 5.21. The van der Waals surface area contributed by atoms with E-state index < -0.39 is 0 Å². The molecule has 4 aromatic rings. The van der Waals surface area contributed by atoms with E-state index in [9.17, 15) is 4.79 Å². The Bertz CT molecular complexity index is 1070. The molecule has 0 unspecified atom stereocenters. The highest BCUT2D eigenvalue weighted by Crippen LogP contribution is 2.27. The van der Waals surface area contributed by atoms with E-state index in [1.54, 1.807) is 0 Å². The number of hydrogen-bond donors (Lipinski definition) is 1. The van der Waals surface area contributed by atoms with Crippen molar-refractivity contribution in [3.05, 3.63) is 113 Å². The summed E-state index contributed by atoms with van der Waals surface area (Å²) in [5.41, 5.74) is 4.91. The predicted octanol–water partition coefficient (Wildman–Crippen LogP) is 5.50. The van der Waals surface area contributed by atoms with Crippen LogP contribution in [0.5, 0.6) is 0 Å². The van der Waals surface area contributed by atoms with E-state index in [1.165, 1.54) is 11.1 Å². The van der Waals surface area contributed by atoms with Gasteiger partial charge in [-0.25, -0.2) is 0 Å². The van der Waals surface area contributed by atoms with Crippen molar-refractivity contribution in [1.29, 1.82) is 0 Å². The van der Waals surface area contributed by atoms with Crippen molar-refractivity contribution in [2.24, 2.45) is 0 Å². The Hall–Kier alpha value is -3.46. The van der Waals surface area contributed by atoms with Crippen LogP contribution in [0.15, 0.2) is 91.0 Å². The molecule has 0 aliphatic heterocycles. The van der Waals surface area contributed by atoms with Gasteiger partial charge in [0.1, 0.15) is 0 Å². The molecule has 0 spiro atoms. The first-order valence-electron chi connectivity index (χ1n) is 9.97. The third kappa shape index (κ3) is 4.35. The number of amides is 1. The molecule has 0 aliphatic rings. The van der Waals surface area contributed by atoms with Crippen molar-refractivity contribution in [3.8, 4) is 0 Å². The molecule has 3 aromatic carbocycles. The number of carbonyl (C=O) groups excluding carboxylic acids is 1. The highest BCUT2D eigenvalue weighted by Gasteiger charge is 2.16. The van der Waals surface area contributed by atoms with Crippen molar-refractivity contribution in [2.45, 2.75) is 19.3 Å². The number of nitrogens with zero attached hydrogens (tertiary/aromatic N) is 1. The Labute approximate surface area is 171 Å². The van der Waals surface area contributed by atoms with Gasteiger partial charge >= 0.3 is 0 Å². The minimum absolute atomic E-state index is 0.0495. The molecule has 0 atom stereocenters. The first-order chi connectivity index (χ1) is 14.2. The molecule has 3 heteroatoms. The highest BCUT2D eigenvalue weighted by atomic mass is 16.1. The summed E-state index contributed by atoms with van der Waals surface area (Å²) in [5.74, 6) is 0.195. The zero-order valence-corrected chi connectivity index (χ0v) is 16.5. The minimum Gasteiger partial charge on any atom is -0.352 e. The van der Waals surface area contributed by atoms with E-state index in [0.717, 1.165) is 23.0 Å². The maximum atomic E-state index is 12.9. The fourth-order valence-corrected chi connectivity index (χ4v) is 3.82. The summed E-state index contributed by atoms with van der Waals surface area (Å²) in [7, 11) is 0. The molecule has 0 saturated carbocycles. The Kier molecular flexibility index (Phi) is 5.66. The molecule has 1 amide bonds. The third-order valence-electron chi connectivity index (χ3n) is 5.21. The second-order valence-electron chi connectivity index (χ2n) is 7.25. The van der Waals surface area contributed by atoms with E-state index in [1.807, 2.05) is 49.4 Å². The molecule has 0 bridgehead atoms. The smallest absolute Gasteiger partial charge is 0.252 e. The summed E-state index contributed by atoms with van der Waals surface area (Å²) in [4.78, 5) is 17.5. The topological polar surface area (TPSA) is 42.0 Å². The molecular weight excluding hydrogens is 356 g/mol. The van der Waals surface area contributed by atoms with Crippen LogP contribution >= 0.6 is 0 Å². The first-order valence-corrected chi connectivity index (χ1v) is 9.97. The van der Waals surface area contributed by atoms with E-state index >= 15 is 0 Å². The Morgan fingerprint density at radius 3 is 2.10 bits per heavy atom. The van der Waals surface area contributed by atoms with Gasteiger partial charge in [0, 0.05) is 23.5 Å². The van der Waals surface area contributed by atoms with E-state index in [-0.39, 0.29) is 11.8 Å². The van der Waals surface area contributed by atoms with Crippen molar-refractivity contribution in [2.75, 3.05) is 6.54 Å². The van der Waals surface area contributed by atoms with Gasteiger partial charge in [-0.05, 0) is 36.6 Å². The number of rotatable bonds is 6. The van der Waals surface area contributed by atoms with Crippen molar-refractivity contribution in [1.82, 2.24) is 10.3 Å². The van der Waals surface area contributed by atoms with Gasteiger partial charge in [-0.2, -0.15) is 0 Å². The van der Waals surface area contributed by atoms with E-state index in [0.29, 0.717) is 12.1 Å². The first kappa shape index (κ1) is 18.9.